The van der Waals surface area contributed by atoms with E-state index in [4.69, 9.17) is 10.8 Å². The lowest BCUT2D eigenvalue weighted by atomic mass is 10.0. The molecular formula is C11H18N4O3. The average Bonchev–Trinajstić information content (AvgIpc) is 2.70. The molecule has 7 nitrogen and oxygen atoms in total. The molecule has 0 aliphatic carbocycles. The van der Waals surface area contributed by atoms with Gasteiger partial charge in [0.25, 0.3) is 0 Å². The van der Waals surface area contributed by atoms with Crippen molar-refractivity contribution in [1.29, 1.82) is 0 Å². The van der Waals surface area contributed by atoms with Crippen molar-refractivity contribution in [3.05, 3.63) is 18.0 Å². The topological polar surface area (TPSA) is 110 Å². The van der Waals surface area contributed by atoms with Gasteiger partial charge in [0.15, 0.2) is 0 Å². The number of carboxylic acid groups (broad SMARTS) is 1. The Labute approximate surface area is 105 Å². The van der Waals surface area contributed by atoms with Crippen LogP contribution in [0.3, 0.4) is 0 Å². The van der Waals surface area contributed by atoms with Crippen molar-refractivity contribution < 1.29 is 14.7 Å². The SMILES string of the molecule is CC(C)[C@@H](NC(=O)C(N)c1cnn(C)c1)C(=O)O. The first-order valence-electron chi connectivity index (χ1n) is 5.60. The molecule has 0 saturated heterocycles. The van der Waals surface area contributed by atoms with Crippen LogP contribution in [0, 0.1) is 5.92 Å². The summed E-state index contributed by atoms with van der Waals surface area (Å²) in [5.41, 5.74) is 6.29. The van der Waals surface area contributed by atoms with Gasteiger partial charge in [0.05, 0.1) is 6.20 Å². The van der Waals surface area contributed by atoms with E-state index in [-0.39, 0.29) is 5.92 Å². The van der Waals surface area contributed by atoms with Crippen LogP contribution in [-0.2, 0) is 16.6 Å². The first-order valence-corrected chi connectivity index (χ1v) is 5.60. The van der Waals surface area contributed by atoms with Crippen LogP contribution in [0.25, 0.3) is 0 Å². The normalized spacial score (nSPS) is 14.3. The molecule has 18 heavy (non-hydrogen) atoms. The second kappa shape index (κ2) is 5.63. The van der Waals surface area contributed by atoms with Gasteiger partial charge in [0, 0.05) is 18.8 Å². The second-order valence-corrected chi connectivity index (χ2v) is 4.49. The average molecular weight is 254 g/mol. The molecule has 0 bridgehead atoms. The van der Waals surface area contributed by atoms with Crippen molar-refractivity contribution in [2.45, 2.75) is 25.9 Å². The van der Waals surface area contributed by atoms with Gasteiger partial charge in [0.2, 0.25) is 5.91 Å². The minimum Gasteiger partial charge on any atom is -0.480 e. The zero-order valence-corrected chi connectivity index (χ0v) is 10.6. The molecule has 0 aliphatic heterocycles. The summed E-state index contributed by atoms with van der Waals surface area (Å²) in [6.45, 7) is 3.43. The van der Waals surface area contributed by atoms with Gasteiger partial charge in [-0.1, -0.05) is 13.8 Å². The fraction of sp³-hybridized carbons (Fsp3) is 0.545. The molecule has 1 aromatic heterocycles. The number of carboxylic acids is 1. The van der Waals surface area contributed by atoms with E-state index < -0.39 is 24.0 Å². The van der Waals surface area contributed by atoms with E-state index in [0.717, 1.165) is 0 Å². The zero-order valence-electron chi connectivity index (χ0n) is 10.6. The van der Waals surface area contributed by atoms with Gasteiger partial charge in [0.1, 0.15) is 12.1 Å². The van der Waals surface area contributed by atoms with Crippen LogP contribution in [0.2, 0.25) is 0 Å². The minimum absolute atomic E-state index is 0.215. The Hall–Kier alpha value is -1.89. The van der Waals surface area contributed by atoms with Crippen molar-refractivity contribution in [1.82, 2.24) is 15.1 Å². The third kappa shape index (κ3) is 3.30. The number of nitrogens with two attached hydrogens (primary N) is 1. The number of nitrogens with zero attached hydrogens (tertiary/aromatic N) is 2. The molecule has 0 saturated carbocycles. The van der Waals surface area contributed by atoms with Gasteiger partial charge in [-0.2, -0.15) is 5.10 Å². The fourth-order valence-electron chi connectivity index (χ4n) is 1.51. The summed E-state index contributed by atoms with van der Waals surface area (Å²) < 4.78 is 1.53. The zero-order chi connectivity index (χ0) is 13.9. The molecule has 0 aliphatic rings. The van der Waals surface area contributed by atoms with Crippen LogP contribution in [0.1, 0.15) is 25.5 Å². The van der Waals surface area contributed by atoms with Crippen LogP contribution in [0.4, 0.5) is 0 Å². The molecule has 100 valence electrons. The van der Waals surface area contributed by atoms with Crippen molar-refractivity contribution in [2.75, 3.05) is 0 Å². The Morgan fingerprint density at radius 3 is 2.50 bits per heavy atom. The van der Waals surface area contributed by atoms with Crippen LogP contribution in [0.15, 0.2) is 12.4 Å². The quantitative estimate of drug-likeness (QED) is 0.665. The summed E-state index contributed by atoms with van der Waals surface area (Å²) in [5.74, 6) is -1.81. The highest BCUT2D eigenvalue weighted by Crippen LogP contribution is 2.10. The predicted octanol–water partition coefficient (Wildman–Crippen LogP) is -0.355. The number of hydrogen-bond acceptors (Lipinski definition) is 4. The Bertz CT molecular complexity index is 441. The summed E-state index contributed by atoms with van der Waals surface area (Å²) >= 11 is 0. The van der Waals surface area contributed by atoms with E-state index in [1.54, 1.807) is 27.1 Å². The molecule has 1 rings (SSSR count). The maximum Gasteiger partial charge on any atom is 0.326 e. The second-order valence-electron chi connectivity index (χ2n) is 4.49. The standard InChI is InChI=1S/C11H18N4O3/c1-6(2)9(11(17)18)14-10(16)8(12)7-4-13-15(3)5-7/h4-6,8-9H,12H2,1-3H3,(H,14,16)(H,17,18)/t8?,9-/m1/s1. The van der Waals surface area contributed by atoms with E-state index in [2.05, 4.69) is 10.4 Å². The van der Waals surface area contributed by atoms with E-state index >= 15 is 0 Å². The fourth-order valence-corrected chi connectivity index (χ4v) is 1.51. The molecule has 0 spiro atoms. The maximum absolute atomic E-state index is 11.8. The molecule has 0 radical (unpaired) electrons. The largest absolute Gasteiger partial charge is 0.480 e. The minimum atomic E-state index is -1.07. The number of nitrogens with one attached hydrogen (secondary N) is 1. The molecule has 1 amide bonds. The molecule has 1 aromatic rings. The number of hydrogen-bond donors (Lipinski definition) is 3. The smallest absolute Gasteiger partial charge is 0.326 e. The van der Waals surface area contributed by atoms with Crippen LogP contribution in [0.5, 0.6) is 0 Å². The van der Waals surface area contributed by atoms with Crippen LogP contribution >= 0.6 is 0 Å². The highest BCUT2D eigenvalue weighted by Gasteiger charge is 2.26. The summed E-state index contributed by atoms with van der Waals surface area (Å²) in [6.07, 6.45) is 3.10. The van der Waals surface area contributed by atoms with Gasteiger partial charge in [-0.25, -0.2) is 4.79 Å². The number of amides is 1. The Kier molecular flexibility index (Phi) is 4.43. The van der Waals surface area contributed by atoms with Crippen LogP contribution < -0.4 is 11.1 Å². The van der Waals surface area contributed by atoms with Crippen molar-refractivity contribution >= 4 is 11.9 Å². The van der Waals surface area contributed by atoms with E-state index in [1.807, 2.05) is 0 Å². The molecule has 0 fully saturated rings. The van der Waals surface area contributed by atoms with Gasteiger partial charge in [-0.3, -0.25) is 9.48 Å². The highest BCUT2D eigenvalue weighted by atomic mass is 16.4. The predicted molar refractivity (Wildman–Crippen MR) is 64.5 cm³/mol. The third-order valence-electron chi connectivity index (χ3n) is 2.60. The van der Waals surface area contributed by atoms with Crippen molar-refractivity contribution in [2.24, 2.45) is 18.7 Å². The van der Waals surface area contributed by atoms with Crippen molar-refractivity contribution in [3.63, 3.8) is 0 Å². The summed E-state index contributed by atoms with van der Waals surface area (Å²) in [7, 11) is 1.71. The lowest BCUT2D eigenvalue weighted by Crippen LogP contribution is -2.47. The van der Waals surface area contributed by atoms with E-state index in [0.29, 0.717) is 5.56 Å². The number of rotatable bonds is 5. The Balaban J connectivity index is 2.73. The number of carbonyl (C=O) groups excluding carboxylic acids is 1. The molecular weight excluding hydrogens is 236 g/mol. The van der Waals surface area contributed by atoms with Crippen molar-refractivity contribution in [3.8, 4) is 0 Å². The van der Waals surface area contributed by atoms with Gasteiger partial charge >= 0.3 is 5.97 Å². The number of carbonyl (C=O) groups is 2. The molecule has 7 heteroatoms. The van der Waals surface area contributed by atoms with Crippen LogP contribution in [-0.4, -0.2) is 32.8 Å². The molecule has 1 unspecified atom stereocenters. The maximum atomic E-state index is 11.8. The third-order valence-corrected chi connectivity index (χ3v) is 2.60. The number of aromatic nitrogens is 2. The molecule has 0 aromatic carbocycles. The van der Waals surface area contributed by atoms with E-state index in [9.17, 15) is 9.59 Å². The Morgan fingerprint density at radius 2 is 2.11 bits per heavy atom. The Morgan fingerprint density at radius 1 is 1.50 bits per heavy atom. The highest BCUT2D eigenvalue weighted by molar-refractivity contribution is 5.87. The lowest BCUT2D eigenvalue weighted by Gasteiger charge is -2.19. The summed E-state index contributed by atoms with van der Waals surface area (Å²) in [4.78, 5) is 22.8. The number of aliphatic carboxylic acids is 1. The number of aryl methyl sites for hydroxylation is 1. The van der Waals surface area contributed by atoms with E-state index in [1.165, 1.54) is 10.9 Å². The molecule has 1 heterocycles. The molecule has 4 N–H and O–H groups in total. The van der Waals surface area contributed by atoms with Gasteiger partial charge in [-0.05, 0) is 5.92 Å². The monoisotopic (exact) mass is 254 g/mol. The first kappa shape index (κ1) is 14.2. The molecule has 2 atom stereocenters. The summed E-state index contributed by atoms with van der Waals surface area (Å²) in [5, 5.41) is 15.3. The van der Waals surface area contributed by atoms with Gasteiger partial charge < -0.3 is 16.2 Å². The summed E-state index contributed by atoms with van der Waals surface area (Å²) in [6, 6.07) is -1.86. The van der Waals surface area contributed by atoms with Gasteiger partial charge in [-0.15, -0.1) is 0 Å². The lowest BCUT2D eigenvalue weighted by molar-refractivity contribution is -0.143. The first-order chi connectivity index (χ1) is 8.32.